The molecule has 0 unspecified atom stereocenters. The molecule has 3 aliphatic rings. The molecule has 7 heteroatoms. The van der Waals surface area contributed by atoms with Gasteiger partial charge in [-0.2, -0.15) is 13.2 Å². The van der Waals surface area contributed by atoms with Gasteiger partial charge in [-0.15, -0.1) is 0 Å². The van der Waals surface area contributed by atoms with Crippen LogP contribution in [-0.2, 0) is 23.9 Å². The highest BCUT2D eigenvalue weighted by Gasteiger charge is 2.50. The third-order valence-electron chi connectivity index (χ3n) is 7.86. The number of halogens is 4. The van der Waals surface area contributed by atoms with Crippen LogP contribution in [0.4, 0.5) is 17.6 Å². The van der Waals surface area contributed by atoms with Crippen molar-refractivity contribution in [3.8, 4) is 0 Å². The van der Waals surface area contributed by atoms with E-state index in [4.69, 9.17) is 0 Å². The topological polar surface area (TPSA) is 23.6 Å². The number of carbonyl (C=O) groups is 1. The number of amides is 1. The molecule has 31 heavy (non-hydrogen) atoms. The first-order valence-electron chi connectivity index (χ1n) is 11.5. The van der Waals surface area contributed by atoms with E-state index in [1.54, 1.807) is 11.0 Å². The SMILES string of the molecule is CC(C)[C@]1(C(=O)N2CCc3ccc(C(F)(F)F)cc3C2)CC[C@@H](N2CCC(F)CC2)C1. The molecule has 2 fully saturated rings. The third-order valence-corrected chi connectivity index (χ3v) is 7.86. The highest BCUT2D eigenvalue weighted by Crippen LogP contribution is 2.48. The molecule has 3 nitrogen and oxygen atoms in total. The molecule has 4 rings (SSSR count). The van der Waals surface area contributed by atoms with Crippen molar-refractivity contribution in [1.29, 1.82) is 0 Å². The van der Waals surface area contributed by atoms with Gasteiger partial charge in [-0.3, -0.25) is 4.79 Å². The van der Waals surface area contributed by atoms with Gasteiger partial charge in [0.05, 0.1) is 11.0 Å². The molecule has 172 valence electrons. The number of piperidine rings is 1. The molecule has 1 amide bonds. The van der Waals surface area contributed by atoms with Gasteiger partial charge in [0, 0.05) is 32.2 Å². The van der Waals surface area contributed by atoms with E-state index in [0.29, 0.717) is 31.4 Å². The van der Waals surface area contributed by atoms with Crippen molar-refractivity contribution < 1.29 is 22.4 Å². The van der Waals surface area contributed by atoms with Crippen LogP contribution in [0, 0.1) is 11.3 Å². The van der Waals surface area contributed by atoms with E-state index in [9.17, 15) is 22.4 Å². The number of likely N-dealkylation sites (tertiary alicyclic amines) is 1. The summed E-state index contributed by atoms with van der Waals surface area (Å²) in [7, 11) is 0. The Kier molecular flexibility index (Phi) is 6.10. The molecule has 1 aromatic rings. The number of alkyl halides is 4. The highest BCUT2D eigenvalue weighted by atomic mass is 19.4. The maximum absolute atomic E-state index is 13.8. The molecule has 0 N–H and O–H groups in total. The van der Waals surface area contributed by atoms with Crippen molar-refractivity contribution in [2.45, 2.75) is 77.3 Å². The number of fused-ring (bicyclic) bond motifs is 1. The van der Waals surface area contributed by atoms with Crippen LogP contribution in [-0.4, -0.2) is 47.6 Å². The largest absolute Gasteiger partial charge is 0.416 e. The van der Waals surface area contributed by atoms with Crippen LogP contribution < -0.4 is 0 Å². The van der Waals surface area contributed by atoms with E-state index in [1.807, 2.05) is 0 Å². The molecule has 0 radical (unpaired) electrons. The van der Waals surface area contributed by atoms with Crippen LogP contribution in [0.1, 0.15) is 62.6 Å². The maximum atomic E-state index is 13.8. The summed E-state index contributed by atoms with van der Waals surface area (Å²) in [6, 6.07) is 4.18. The van der Waals surface area contributed by atoms with Crippen LogP contribution in [0.15, 0.2) is 18.2 Å². The number of carbonyl (C=O) groups excluding carboxylic acids is 1. The summed E-state index contributed by atoms with van der Waals surface area (Å²) >= 11 is 0. The fourth-order valence-electron chi connectivity index (χ4n) is 5.78. The molecule has 2 atom stereocenters. The number of hydrogen-bond donors (Lipinski definition) is 0. The first-order chi connectivity index (χ1) is 14.6. The van der Waals surface area contributed by atoms with E-state index in [2.05, 4.69) is 18.7 Å². The quantitative estimate of drug-likeness (QED) is 0.602. The Morgan fingerprint density at radius 1 is 1.10 bits per heavy atom. The van der Waals surface area contributed by atoms with Crippen LogP contribution in [0.5, 0.6) is 0 Å². The monoisotopic (exact) mass is 440 g/mol. The number of benzene rings is 1. The van der Waals surface area contributed by atoms with Gasteiger partial charge >= 0.3 is 6.18 Å². The fourth-order valence-corrected chi connectivity index (χ4v) is 5.78. The Morgan fingerprint density at radius 2 is 1.81 bits per heavy atom. The number of rotatable bonds is 3. The Morgan fingerprint density at radius 3 is 2.45 bits per heavy atom. The van der Waals surface area contributed by atoms with Gasteiger partial charge in [-0.05, 0) is 67.7 Å². The molecular formula is C24H32F4N2O. The minimum atomic E-state index is -4.38. The lowest BCUT2D eigenvalue weighted by Gasteiger charge is -2.41. The Bertz CT molecular complexity index is 816. The summed E-state index contributed by atoms with van der Waals surface area (Å²) in [5.74, 6) is 0.222. The lowest BCUT2D eigenvalue weighted by atomic mass is 9.73. The van der Waals surface area contributed by atoms with Crippen molar-refractivity contribution in [3.05, 3.63) is 34.9 Å². The van der Waals surface area contributed by atoms with E-state index in [1.165, 1.54) is 6.07 Å². The molecule has 1 saturated carbocycles. The van der Waals surface area contributed by atoms with Gasteiger partial charge in [-0.1, -0.05) is 19.9 Å². The molecule has 1 saturated heterocycles. The van der Waals surface area contributed by atoms with Crippen molar-refractivity contribution in [3.63, 3.8) is 0 Å². The predicted octanol–water partition coefficient (Wildman–Crippen LogP) is 5.22. The van der Waals surface area contributed by atoms with E-state index in [0.717, 1.165) is 44.0 Å². The lowest BCUT2D eigenvalue weighted by Crippen LogP contribution is -2.49. The zero-order chi connectivity index (χ0) is 22.4. The molecule has 1 aliphatic carbocycles. The summed E-state index contributed by atoms with van der Waals surface area (Å²) in [6.07, 6.45) is -0.935. The Hall–Kier alpha value is -1.63. The molecule has 0 aromatic heterocycles. The standard InChI is InChI=1S/C24H32F4N2O/c1-16(2)23(9-5-21(14-23)29-11-7-20(25)8-12-29)22(31)30-10-6-17-3-4-19(24(26,27)28)13-18(17)15-30/h3-4,13,16,20-21H,5-12,14-15H2,1-2H3/t21-,23+/m1/s1. The predicted molar refractivity (Wildman–Crippen MR) is 111 cm³/mol. The van der Waals surface area contributed by atoms with Crippen LogP contribution in [0.3, 0.4) is 0 Å². The van der Waals surface area contributed by atoms with Gasteiger partial charge in [0.2, 0.25) is 5.91 Å². The minimum absolute atomic E-state index is 0.0773. The summed E-state index contributed by atoms with van der Waals surface area (Å²) < 4.78 is 53.0. The average Bonchev–Trinajstić information content (AvgIpc) is 3.19. The molecule has 1 aromatic carbocycles. The van der Waals surface area contributed by atoms with Crippen molar-refractivity contribution >= 4 is 5.91 Å². The summed E-state index contributed by atoms with van der Waals surface area (Å²) in [4.78, 5) is 17.9. The first kappa shape index (κ1) is 22.6. The number of hydrogen-bond acceptors (Lipinski definition) is 2. The summed E-state index contributed by atoms with van der Waals surface area (Å²) in [5, 5.41) is 0. The van der Waals surface area contributed by atoms with Gasteiger partial charge in [0.15, 0.2) is 0 Å². The average molecular weight is 441 g/mol. The molecule has 2 aliphatic heterocycles. The normalized spacial score (nSPS) is 28.2. The second-order valence-corrected chi connectivity index (χ2v) is 9.88. The molecular weight excluding hydrogens is 408 g/mol. The Balaban J connectivity index is 1.51. The van der Waals surface area contributed by atoms with Crippen LogP contribution >= 0.6 is 0 Å². The van der Waals surface area contributed by atoms with E-state index in [-0.39, 0.29) is 24.4 Å². The van der Waals surface area contributed by atoms with Crippen molar-refractivity contribution in [2.75, 3.05) is 19.6 Å². The molecule has 0 spiro atoms. The molecule has 0 bridgehead atoms. The zero-order valence-electron chi connectivity index (χ0n) is 18.3. The Labute approximate surface area is 181 Å². The van der Waals surface area contributed by atoms with Crippen molar-refractivity contribution in [1.82, 2.24) is 9.80 Å². The summed E-state index contributed by atoms with van der Waals surface area (Å²) in [5.41, 5.74) is 0.356. The fraction of sp³-hybridized carbons (Fsp3) is 0.708. The van der Waals surface area contributed by atoms with E-state index < -0.39 is 23.3 Å². The van der Waals surface area contributed by atoms with Gasteiger partial charge in [0.1, 0.15) is 6.17 Å². The van der Waals surface area contributed by atoms with Gasteiger partial charge in [0.25, 0.3) is 0 Å². The van der Waals surface area contributed by atoms with Crippen molar-refractivity contribution in [2.24, 2.45) is 11.3 Å². The lowest BCUT2D eigenvalue weighted by molar-refractivity contribution is -0.146. The first-order valence-corrected chi connectivity index (χ1v) is 11.5. The second-order valence-electron chi connectivity index (χ2n) is 9.88. The summed E-state index contributed by atoms with van der Waals surface area (Å²) in [6.45, 7) is 6.42. The third kappa shape index (κ3) is 4.35. The zero-order valence-corrected chi connectivity index (χ0v) is 18.3. The van der Waals surface area contributed by atoms with Gasteiger partial charge < -0.3 is 9.80 Å². The van der Waals surface area contributed by atoms with E-state index >= 15 is 0 Å². The van der Waals surface area contributed by atoms with Gasteiger partial charge in [-0.25, -0.2) is 4.39 Å². The van der Waals surface area contributed by atoms with Crippen LogP contribution in [0.2, 0.25) is 0 Å². The second kappa shape index (κ2) is 8.38. The highest BCUT2D eigenvalue weighted by molar-refractivity contribution is 5.84. The molecule has 2 heterocycles. The smallest absolute Gasteiger partial charge is 0.338 e. The minimum Gasteiger partial charge on any atom is -0.338 e. The maximum Gasteiger partial charge on any atom is 0.416 e. The number of nitrogens with zero attached hydrogens (tertiary/aromatic N) is 2. The van der Waals surface area contributed by atoms with Crippen LogP contribution in [0.25, 0.3) is 0 Å².